The average molecular weight is 514 g/mol. The van der Waals surface area contributed by atoms with Gasteiger partial charge in [0.15, 0.2) is 6.29 Å². The zero-order valence-electron chi connectivity index (χ0n) is 18.3. The summed E-state index contributed by atoms with van der Waals surface area (Å²) in [7, 11) is 0. The predicted molar refractivity (Wildman–Crippen MR) is 134 cm³/mol. The molecular formula is C28H20BrNO4. The van der Waals surface area contributed by atoms with Gasteiger partial charge >= 0.3 is 5.97 Å². The molecule has 0 fully saturated rings. The number of aromatic nitrogens is 1. The molecule has 4 aromatic rings. The van der Waals surface area contributed by atoms with Gasteiger partial charge in [-0.1, -0.05) is 52.3 Å². The Hall–Kier alpha value is -3.77. The fourth-order valence-corrected chi connectivity index (χ4v) is 4.87. The number of ether oxygens (including phenoxy) is 1. The minimum atomic E-state index is -0.582. The summed E-state index contributed by atoms with van der Waals surface area (Å²) in [6.07, 6.45) is 2.14. The smallest absolute Gasteiger partial charge is 0.303 e. The van der Waals surface area contributed by atoms with Crippen molar-refractivity contribution >= 4 is 28.2 Å². The minimum Gasteiger partial charge on any atom is -0.507 e. The number of nitrogens with zero attached hydrogens (tertiary/aromatic N) is 1. The summed E-state index contributed by atoms with van der Waals surface area (Å²) in [5.74, 6) is -0.272. The maximum absolute atomic E-state index is 12.1. The van der Waals surface area contributed by atoms with Crippen molar-refractivity contribution < 1.29 is 19.4 Å². The van der Waals surface area contributed by atoms with E-state index in [1.807, 2.05) is 48.5 Å². The minimum absolute atomic E-state index is 0.121. The van der Waals surface area contributed by atoms with E-state index in [9.17, 15) is 14.7 Å². The molecule has 0 amide bonds. The molecule has 0 saturated carbocycles. The van der Waals surface area contributed by atoms with Crippen molar-refractivity contribution in [2.45, 2.75) is 19.4 Å². The summed E-state index contributed by atoms with van der Waals surface area (Å²) in [6.45, 7) is 1.39. The second-order valence-electron chi connectivity index (χ2n) is 8.16. The second-order valence-corrected chi connectivity index (χ2v) is 9.07. The van der Waals surface area contributed by atoms with Gasteiger partial charge in [0.05, 0.1) is 5.69 Å². The fourth-order valence-electron chi connectivity index (χ4n) is 4.61. The Bertz CT molecular complexity index is 1410. The molecule has 1 aromatic heterocycles. The first-order valence-electron chi connectivity index (χ1n) is 10.8. The fraction of sp³-hybridized carbons (Fsp3) is 0.107. The summed E-state index contributed by atoms with van der Waals surface area (Å²) in [5, 5.41) is 11.0. The Labute approximate surface area is 205 Å². The number of hydrogen-bond donors (Lipinski definition) is 1. The molecular weight excluding hydrogens is 494 g/mol. The van der Waals surface area contributed by atoms with Crippen LogP contribution in [0.5, 0.6) is 5.75 Å². The summed E-state index contributed by atoms with van der Waals surface area (Å²) < 4.78 is 6.78. The van der Waals surface area contributed by atoms with E-state index < -0.39 is 12.1 Å². The lowest BCUT2D eigenvalue weighted by molar-refractivity contribution is -0.146. The van der Waals surface area contributed by atoms with Crippen molar-refractivity contribution in [1.29, 1.82) is 0 Å². The third-order valence-electron chi connectivity index (χ3n) is 6.04. The highest BCUT2D eigenvalue weighted by atomic mass is 79.9. The third kappa shape index (κ3) is 3.90. The average Bonchev–Trinajstić information content (AvgIpc) is 2.84. The Kier molecular flexibility index (Phi) is 5.75. The van der Waals surface area contributed by atoms with Crippen molar-refractivity contribution in [2.75, 3.05) is 0 Å². The Morgan fingerprint density at radius 3 is 2.47 bits per heavy atom. The molecule has 168 valence electrons. The van der Waals surface area contributed by atoms with Gasteiger partial charge in [0.1, 0.15) is 11.9 Å². The van der Waals surface area contributed by atoms with Crippen LogP contribution in [0.15, 0.2) is 77.4 Å². The van der Waals surface area contributed by atoms with Gasteiger partial charge in [-0.15, -0.1) is 0 Å². The lowest BCUT2D eigenvalue weighted by Crippen LogP contribution is -2.18. The largest absolute Gasteiger partial charge is 0.507 e. The van der Waals surface area contributed by atoms with Crippen molar-refractivity contribution in [3.63, 3.8) is 0 Å². The molecule has 34 heavy (non-hydrogen) atoms. The lowest BCUT2D eigenvalue weighted by atomic mass is 9.77. The number of aromatic hydroxyl groups is 1. The molecule has 0 saturated heterocycles. The first-order chi connectivity index (χ1) is 16.5. The Morgan fingerprint density at radius 2 is 1.79 bits per heavy atom. The molecule has 1 atom stereocenters. The van der Waals surface area contributed by atoms with Crippen LogP contribution in [0.3, 0.4) is 0 Å². The molecule has 1 N–H and O–H groups in total. The number of pyridine rings is 1. The van der Waals surface area contributed by atoms with Crippen LogP contribution in [0.2, 0.25) is 0 Å². The standard InChI is InChI=1S/C28H20BrNO4/c1-16(32)34-26-13-23-21(24-11-5-17(15-31)14-30-24)3-2-4-22(23)27-25(33)12-10-20(28(26)27)18-6-8-19(29)9-7-18/h2-12,14-15,26,33H,13H2,1H3. The van der Waals surface area contributed by atoms with Gasteiger partial charge in [-0.05, 0) is 52.6 Å². The van der Waals surface area contributed by atoms with Crippen LogP contribution in [0.4, 0.5) is 0 Å². The van der Waals surface area contributed by atoms with Gasteiger partial charge in [0.2, 0.25) is 0 Å². The molecule has 6 heteroatoms. The number of aldehydes is 1. The van der Waals surface area contributed by atoms with E-state index in [1.165, 1.54) is 13.1 Å². The molecule has 0 bridgehead atoms. The number of carbonyl (C=O) groups excluding carboxylic acids is 2. The second kappa shape index (κ2) is 8.88. The number of carbonyl (C=O) groups is 2. The van der Waals surface area contributed by atoms with Crippen LogP contribution >= 0.6 is 15.9 Å². The number of phenols is 1. The molecule has 3 aromatic carbocycles. The van der Waals surface area contributed by atoms with E-state index in [-0.39, 0.29) is 5.75 Å². The molecule has 1 heterocycles. The van der Waals surface area contributed by atoms with E-state index in [2.05, 4.69) is 20.9 Å². The van der Waals surface area contributed by atoms with Crippen molar-refractivity contribution in [2.24, 2.45) is 0 Å². The van der Waals surface area contributed by atoms with Gasteiger partial charge in [0.25, 0.3) is 0 Å². The number of rotatable bonds is 4. The normalized spacial score (nSPS) is 14.1. The van der Waals surface area contributed by atoms with Crippen molar-refractivity contribution in [3.05, 3.63) is 94.1 Å². The van der Waals surface area contributed by atoms with Crippen molar-refractivity contribution in [3.8, 4) is 39.3 Å². The predicted octanol–water partition coefficient (Wildman–Crippen LogP) is 6.52. The van der Waals surface area contributed by atoms with E-state index >= 15 is 0 Å². The van der Waals surface area contributed by atoms with Gasteiger partial charge in [-0.25, -0.2) is 0 Å². The molecule has 1 aliphatic rings. The number of esters is 1. The van der Waals surface area contributed by atoms with Crippen LogP contribution in [0.25, 0.3) is 33.5 Å². The summed E-state index contributed by atoms with van der Waals surface area (Å²) in [4.78, 5) is 27.6. The van der Waals surface area contributed by atoms with Gasteiger partial charge in [-0.3, -0.25) is 14.6 Å². The van der Waals surface area contributed by atoms with Crippen LogP contribution in [-0.4, -0.2) is 22.3 Å². The Morgan fingerprint density at radius 1 is 1.03 bits per heavy atom. The highest BCUT2D eigenvalue weighted by Crippen LogP contribution is 2.50. The number of benzene rings is 3. The van der Waals surface area contributed by atoms with Crippen LogP contribution in [0.1, 0.15) is 34.5 Å². The quantitative estimate of drug-likeness (QED) is 0.248. The highest BCUT2D eigenvalue weighted by molar-refractivity contribution is 9.10. The van der Waals surface area contributed by atoms with Gasteiger partial charge in [-0.2, -0.15) is 0 Å². The van der Waals surface area contributed by atoms with E-state index in [1.54, 1.807) is 18.2 Å². The zero-order valence-corrected chi connectivity index (χ0v) is 19.9. The van der Waals surface area contributed by atoms with Crippen molar-refractivity contribution in [1.82, 2.24) is 4.98 Å². The van der Waals surface area contributed by atoms with Crippen LogP contribution in [0, 0.1) is 0 Å². The molecule has 1 aliphatic carbocycles. The summed E-state index contributed by atoms with van der Waals surface area (Å²) >= 11 is 3.48. The molecule has 0 aliphatic heterocycles. The molecule has 0 radical (unpaired) electrons. The number of halogens is 1. The first kappa shape index (κ1) is 22.0. The Balaban J connectivity index is 1.76. The third-order valence-corrected chi connectivity index (χ3v) is 6.57. The maximum Gasteiger partial charge on any atom is 0.303 e. The molecule has 5 rings (SSSR count). The van der Waals surface area contributed by atoms with E-state index in [0.29, 0.717) is 23.2 Å². The topological polar surface area (TPSA) is 76.5 Å². The highest BCUT2D eigenvalue weighted by Gasteiger charge is 2.33. The zero-order chi connectivity index (χ0) is 23.8. The maximum atomic E-state index is 12.1. The van der Waals surface area contributed by atoms with Crippen LogP contribution < -0.4 is 0 Å². The number of phenolic OH excluding ortho intramolecular Hbond substituents is 1. The molecule has 5 nitrogen and oxygen atoms in total. The van der Waals surface area contributed by atoms with E-state index in [4.69, 9.17) is 4.74 Å². The molecule has 0 spiro atoms. The lowest BCUT2D eigenvalue weighted by Gasteiger charge is -2.31. The van der Waals surface area contributed by atoms with Gasteiger partial charge < -0.3 is 9.84 Å². The number of hydrogen-bond acceptors (Lipinski definition) is 5. The summed E-state index contributed by atoms with van der Waals surface area (Å²) in [5.41, 5.74) is 7.16. The molecule has 1 unspecified atom stereocenters. The SMILES string of the molecule is CC(=O)OC1Cc2c(-c3ccc(C=O)cn3)cccc2-c2c(O)ccc(-c3ccc(Br)cc3)c21. The van der Waals surface area contributed by atoms with Gasteiger partial charge in [0, 0.05) is 46.3 Å². The monoisotopic (exact) mass is 513 g/mol. The van der Waals surface area contributed by atoms with E-state index in [0.717, 1.165) is 44.1 Å². The first-order valence-corrected chi connectivity index (χ1v) is 11.6. The number of fused-ring (bicyclic) bond motifs is 3. The summed E-state index contributed by atoms with van der Waals surface area (Å²) in [6, 6.07) is 20.8. The van der Waals surface area contributed by atoms with Crippen LogP contribution in [-0.2, 0) is 16.0 Å².